The van der Waals surface area contributed by atoms with Crippen LogP contribution in [0.3, 0.4) is 0 Å². The molecule has 0 amide bonds. The van der Waals surface area contributed by atoms with Gasteiger partial charge in [0.05, 0.1) is 16.1 Å². The van der Waals surface area contributed by atoms with Gasteiger partial charge in [-0.05, 0) is 54.4 Å². The highest BCUT2D eigenvalue weighted by Crippen LogP contribution is 2.25. The van der Waals surface area contributed by atoms with Crippen LogP contribution in [0.5, 0.6) is 0 Å². The lowest BCUT2D eigenvalue weighted by Crippen LogP contribution is -2.15. The van der Waals surface area contributed by atoms with Crippen molar-refractivity contribution in [3.05, 3.63) is 58.6 Å². The van der Waals surface area contributed by atoms with Crippen LogP contribution < -0.4 is 4.72 Å². The van der Waals surface area contributed by atoms with Crippen LogP contribution in [0.15, 0.2) is 47.4 Å². The summed E-state index contributed by atoms with van der Waals surface area (Å²) in [6.45, 7) is 1.68. The number of anilines is 1. The molecular weight excluding hydrogens is 333 g/mol. The minimum Gasteiger partial charge on any atom is -0.279 e. The van der Waals surface area contributed by atoms with E-state index in [1.165, 1.54) is 30.3 Å². The lowest BCUT2D eigenvalue weighted by atomic mass is 10.1. The molecule has 4 nitrogen and oxygen atoms in total. The average Bonchev–Trinajstić information content (AvgIpc) is 2.41. The number of carbonyl (C=O) groups is 1. The highest BCUT2D eigenvalue weighted by atomic mass is 35.5. The summed E-state index contributed by atoms with van der Waals surface area (Å²) in [7, 11) is -3.83. The Morgan fingerprint density at radius 1 is 1.10 bits per heavy atom. The van der Waals surface area contributed by atoms with Crippen molar-refractivity contribution in [3.63, 3.8) is 0 Å². The molecule has 0 atom stereocenters. The Morgan fingerprint density at radius 3 is 2.29 bits per heavy atom. The van der Waals surface area contributed by atoms with Crippen LogP contribution in [0.25, 0.3) is 0 Å². The van der Waals surface area contributed by atoms with E-state index in [9.17, 15) is 13.2 Å². The van der Waals surface area contributed by atoms with E-state index in [4.69, 9.17) is 23.2 Å². The Labute approximate surface area is 132 Å². The number of para-hydroxylation sites is 1. The maximum absolute atomic E-state index is 12.3. The smallest absolute Gasteiger partial charge is 0.261 e. The van der Waals surface area contributed by atoms with E-state index in [0.717, 1.165) is 0 Å². The molecule has 0 radical (unpaired) electrons. The van der Waals surface area contributed by atoms with Crippen molar-refractivity contribution in [2.24, 2.45) is 0 Å². The van der Waals surface area contributed by atoms with E-state index in [-0.39, 0.29) is 16.1 Å². The van der Waals surface area contributed by atoms with Crippen molar-refractivity contribution >= 4 is 44.2 Å². The van der Waals surface area contributed by atoms with Gasteiger partial charge in [0, 0.05) is 5.02 Å². The third kappa shape index (κ3) is 3.56. The Kier molecular flexibility index (Phi) is 4.56. The van der Waals surface area contributed by atoms with E-state index >= 15 is 0 Å². The second-order valence-electron chi connectivity index (χ2n) is 4.33. The van der Waals surface area contributed by atoms with Gasteiger partial charge in [-0.25, -0.2) is 8.42 Å². The second-order valence-corrected chi connectivity index (χ2v) is 6.79. The first-order valence-electron chi connectivity index (χ1n) is 5.89. The standard InChI is InChI=1S/C14H11Cl2NO3S/c1-9-3-2-4-12(14(16)18)13(9)17-21(19,20)11-7-5-10(15)6-8-11/h2-8,17H,1H3. The monoisotopic (exact) mass is 343 g/mol. The minimum atomic E-state index is -3.83. The van der Waals surface area contributed by atoms with E-state index in [2.05, 4.69) is 4.72 Å². The number of aryl methyl sites for hydroxylation is 1. The zero-order valence-corrected chi connectivity index (χ0v) is 13.3. The Hall–Kier alpha value is -1.56. The predicted molar refractivity (Wildman–Crippen MR) is 83.6 cm³/mol. The summed E-state index contributed by atoms with van der Waals surface area (Å²) in [6, 6.07) is 10.5. The van der Waals surface area contributed by atoms with E-state index in [1.54, 1.807) is 19.1 Å². The number of halogens is 2. The zero-order chi connectivity index (χ0) is 15.6. The normalized spacial score (nSPS) is 11.2. The van der Waals surface area contributed by atoms with Crippen LogP contribution in [-0.2, 0) is 10.0 Å². The van der Waals surface area contributed by atoms with Gasteiger partial charge >= 0.3 is 0 Å². The molecule has 0 heterocycles. The van der Waals surface area contributed by atoms with Gasteiger partial charge in [0.2, 0.25) is 0 Å². The molecule has 0 aliphatic heterocycles. The fraction of sp³-hybridized carbons (Fsp3) is 0.0714. The molecule has 0 bridgehead atoms. The highest BCUT2D eigenvalue weighted by molar-refractivity contribution is 7.92. The third-order valence-electron chi connectivity index (χ3n) is 2.84. The molecule has 21 heavy (non-hydrogen) atoms. The van der Waals surface area contributed by atoms with Crippen molar-refractivity contribution in [1.29, 1.82) is 0 Å². The summed E-state index contributed by atoms with van der Waals surface area (Å²) in [5, 5.41) is -0.297. The summed E-state index contributed by atoms with van der Waals surface area (Å²) < 4.78 is 27.1. The maximum atomic E-state index is 12.3. The van der Waals surface area contributed by atoms with E-state index in [0.29, 0.717) is 10.6 Å². The van der Waals surface area contributed by atoms with Gasteiger partial charge < -0.3 is 0 Å². The first-order chi connectivity index (χ1) is 9.81. The third-order valence-corrected chi connectivity index (χ3v) is 4.67. The molecule has 0 saturated heterocycles. The molecule has 110 valence electrons. The van der Waals surface area contributed by atoms with E-state index in [1.807, 2.05) is 0 Å². The van der Waals surface area contributed by atoms with Crippen LogP contribution >= 0.6 is 23.2 Å². The minimum absolute atomic E-state index is 0.0446. The Bertz CT molecular complexity index is 786. The first-order valence-corrected chi connectivity index (χ1v) is 8.13. The Morgan fingerprint density at radius 2 is 1.71 bits per heavy atom. The Balaban J connectivity index is 2.46. The molecule has 0 fully saturated rings. The molecule has 7 heteroatoms. The summed E-state index contributed by atoms with van der Waals surface area (Å²) >= 11 is 11.2. The number of hydrogen-bond donors (Lipinski definition) is 1. The number of rotatable bonds is 4. The summed E-state index contributed by atoms with van der Waals surface area (Å²) in [4.78, 5) is 11.4. The average molecular weight is 344 g/mol. The number of hydrogen-bond acceptors (Lipinski definition) is 3. The number of benzene rings is 2. The SMILES string of the molecule is Cc1cccc(C(=O)Cl)c1NS(=O)(=O)c1ccc(Cl)cc1. The van der Waals surface area contributed by atoms with Crippen LogP contribution in [0, 0.1) is 6.92 Å². The van der Waals surface area contributed by atoms with Gasteiger partial charge in [-0.3, -0.25) is 9.52 Å². The van der Waals surface area contributed by atoms with Crippen LogP contribution in [0.1, 0.15) is 15.9 Å². The lowest BCUT2D eigenvalue weighted by molar-refractivity contribution is 0.108. The molecule has 2 aromatic rings. The topological polar surface area (TPSA) is 63.2 Å². The van der Waals surface area contributed by atoms with Gasteiger partial charge in [-0.1, -0.05) is 23.7 Å². The van der Waals surface area contributed by atoms with Gasteiger partial charge in [-0.15, -0.1) is 0 Å². The van der Waals surface area contributed by atoms with Gasteiger partial charge in [0.25, 0.3) is 15.3 Å². The molecule has 2 rings (SSSR count). The van der Waals surface area contributed by atoms with Crippen molar-refractivity contribution < 1.29 is 13.2 Å². The lowest BCUT2D eigenvalue weighted by Gasteiger charge is -2.13. The molecular formula is C14H11Cl2NO3S. The van der Waals surface area contributed by atoms with Crippen molar-refractivity contribution in [3.8, 4) is 0 Å². The number of sulfonamides is 1. The van der Waals surface area contributed by atoms with Crippen LogP contribution in [-0.4, -0.2) is 13.7 Å². The molecule has 2 aromatic carbocycles. The number of carbonyl (C=O) groups excluding carboxylic acids is 1. The molecule has 0 spiro atoms. The fourth-order valence-electron chi connectivity index (χ4n) is 1.77. The molecule has 0 aliphatic rings. The van der Waals surface area contributed by atoms with Crippen LogP contribution in [0.4, 0.5) is 5.69 Å². The van der Waals surface area contributed by atoms with Crippen molar-refractivity contribution in [2.45, 2.75) is 11.8 Å². The second kappa shape index (κ2) is 6.05. The zero-order valence-electron chi connectivity index (χ0n) is 10.9. The van der Waals surface area contributed by atoms with Gasteiger partial charge in [0.1, 0.15) is 0 Å². The van der Waals surface area contributed by atoms with Crippen LogP contribution in [0.2, 0.25) is 5.02 Å². The van der Waals surface area contributed by atoms with Gasteiger partial charge in [-0.2, -0.15) is 0 Å². The fourth-order valence-corrected chi connectivity index (χ4v) is 3.21. The molecule has 1 N–H and O–H groups in total. The summed E-state index contributed by atoms with van der Waals surface area (Å²) in [5.41, 5.74) is 0.876. The first kappa shape index (κ1) is 15.8. The molecule has 0 aliphatic carbocycles. The quantitative estimate of drug-likeness (QED) is 0.858. The molecule has 0 saturated carbocycles. The maximum Gasteiger partial charge on any atom is 0.261 e. The highest BCUT2D eigenvalue weighted by Gasteiger charge is 2.19. The predicted octanol–water partition coefficient (Wildman–Crippen LogP) is 3.83. The van der Waals surface area contributed by atoms with Crippen molar-refractivity contribution in [2.75, 3.05) is 4.72 Å². The summed E-state index contributed by atoms with van der Waals surface area (Å²) in [5.74, 6) is 0. The van der Waals surface area contributed by atoms with Crippen molar-refractivity contribution in [1.82, 2.24) is 0 Å². The largest absolute Gasteiger partial charge is 0.279 e. The van der Waals surface area contributed by atoms with Gasteiger partial charge in [0.15, 0.2) is 0 Å². The van der Waals surface area contributed by atoms with E-state index < -0.39 is 15.3 Å². The molecule has 0 unspecified atom stereocenters. The molecule has 0 aromatic heterocycles. The number of nitrogens with one attached hydrogen (secondary N) is 1. The summed E-state index contributed by atoms with van der Waals surface area (Å²) in [6.07, 6.45) is 0.